The molecule has 5 rings (SSSR count). The van der Waals surface area contributed by atoms with Gasteiger partial charge in [-0.2, -0.15) is 0 Å². The van der Waals surface area contributed by atoms with Gasteiger partial charge in [-0.1, -0.05) is 60.7 Å². The van der Waals surface area contributed by atoms with E-state index >= 15 is 0 Å². The Hall–Kier alpha value is -1.68. The normalized spacial score (nSPS) is 27.3. The molecule has 2 atom stereocenters. The van der Waals surface area contributed by atoms with Gasteiger partial charge in [-0.3, -0.25) is 14.7 Å². The Morgan fingerprint density at radius 1 is 0.679 bits per heavy atom. The molecule has 3 aliphatic heterocycles. The largest absolute Gasteiger partial charge is 0.299 e. The van der Waals surface area contributed by atoms with Crippen molar-refractivity contribution >= 4 is 0 Å². The van der Waals surface area contributed by atoms with Gasteiger partial charge in [0.25, 0.3) is 0 Å². The minimum Gasteiger partial charge on any atom is -0.299 e. The van der Waals surface area contributed by atoms with Crippen molar-refractivity contribution in [3.63, 3.8) is 0 Å². The summed E-state index contributed by atoms with van der Waals surface area (Å²) in [5, 5.41) is 0. The van der Waals surface area contributed by atoms with Crippen LogP contribution < -0.4 is 0 Å². The van der Waals surface area contributed by atoms with Crippen LogP contribution in [-0.4, -0.2) is 59.5 Å². The van der Waals surface area contributed by atoms with Gasteiger partial charge in [0.1, 0.15) is 0 Å². The first-order valence-electron chi connectivity index (χ1n) is 11.1. The Morgan fingerprint density at radius 3 is 2.00 bits per heavy atom. The number of benzene rings is 2. The van der Waals surface area contributed by atoms with Crippen LogP contribution >= 0.6 is 0 Å². The zero-order chi connectivity index (χ0) is 18.8. The van der Waals surface area contributed by atoms with E-state index in [1.807, 2.05) is 0 Å². The fourth-order valence-corrected chi connectivity index (χ4v) is 5.55. The van der Waals surface area contributed by atoms with Crippen LogP contribution in [0.25, 0.3) is 0 Å². The Balaban J connectivity index is 1.12. The molecule has 0 bridgehead atoms. The van der Waals surface area contributed by atoms with Crippen molar-refractivity contribution in [2.45, 2.75) is 44.4 Å². The zero-order valence-corrected chi connectivity index (χ0v) is 16.9. The van der Waals surface area contributed by atoms with Crippen molar-refractivity contribution < 1.29 is 0 Å². The van der Waals surface area contributed by atoms with E-state index in [1.54, 1.807) is 0 Å². The molecule has 0 saturated carbocycles. The number of piperidine rings is 2. The molecule has 3 aliphatic rings. The maximum absolute atomic E-state index is 2.83. The van der Waals surface area contributed by atoms with Gasteiger partial charge >= 0.3 is 0 Å². The van der Waals surface area contributed by atoms with Crippen LogP contribution in [0.5, 0.6) is 0 Å². The molecular formula is C25H33N3. The van der Waals surface area contributed by atoms with Crippen LogP contribution in [0.15, 0.2) is 60.7 Å². The third-order valence-corrected chi connectivity index (χ3v) is 7.24. The smallest absolute Gasteiger partial charge is 0.0267 e. The van der Waals surface area contributed by atoms with Crippen LogP contribution in [0.3, 0.4) is 0 Å². The quantitative estimate of drug-likeness (QED) is 0.786. The summed E-state index contributed by atoms with van der Waals surface area (Å²) in [5.41, 5.74) is 2.92. The van der Waals surface area contributed by atoms with E-state index in [1.165, 1.54) is 63.1 Å². The molecule has 0 N–H and O–H groups in total. The predicted molar refractivity (Wildman–Crippen MR) is 115 cm³/mol. The van der Waals surface area contributed by atoms with E-state index in [2.05, 4.69) is 75.4 Å². The molecule has 2 aromatic rings. The highest BCUT2D eigenvalue weighted by molar-refractivity contribution is 5.16. The molecule has 0 aromatic heterocycles. The van der Waals surface area contributed by atoms with Crippen LogP contribution in [0.1, 0.15) is 30.4 Å². The average molecular weight is 376 g/mol. The van der Waals surface area contributed by atoms with Gasteiger partial charge in [-0.15, -0.1) is 0 Å². The lowest BCUT2D eigenvalue weighted by atomic mass is 9.81. The van der Waals surface area contributed by atoms with Gasteiger partial charge in [0.15, 0.2) is 0 Å². The average Bonchev–Trinajstić information content (AvgIpc) is 2.74. The summed E-state index contributed by atoms with van der Waals surface area (Å²) in [7, 11) is 0. The lowest BCUT2D eigenvalue weighted by molar-refractivity contribution is -0.0659. The summed E-state index contributed by atoms with van der Waals surface area (Å²) in [5.74, 6) is 0.943. The zero-order valence-electron chi connectivity index (χ0n) is 16.9. The Bertz CT molecular complexity index is 739. The fraction of sp³-hybridized carbons (Fsp3) is 0.520. The first kappa shape index (κ1) is 18.4. The van der Waals surface area contributed by atoms with Gasteiger partial charge in [-0.05, 0) is 55.9 Å². The van der Waals surface area contributed by atoms with Crippen molar-refractivity contribution in [3.05, 3.63) is 71.8 Å². The van der Waals surface area contributed by atoms with Crippen LogP contribution in [0.4, 0.5) is 0 Å². The number of hydrogen-bond donors (Lipinski definition) is 0. The molecular weight excluding hydrogens is 342 g/mol. The Morgan fingerprint density at radius 2 is 1.32 bits per heavy atom. The van der Waals surface area contributed by atoms with Crippen molar-refractivity contribution in [1.82, 2.24) is 14.7 Å². The standard InChI is InChI=1S/C25H33N3/c1-3-7-21(8-4-1)17-26-14-12-24(13-15-26)27-16-11-23-19-28(25(23)20-27)18-22-9-5-2-6-10-22/h1-10,23-25H,11-20H2/t23-,25-/m1/s1. The van der Waals surface area contributed by atoms with E-state index in [0.717, 1.165) is 31.1 Å². The summed E-state index contributed by atoms with van der Waals surface area (Å²) >= 11 is 0. The molecule has 3 saturated heterocycles. The van der Waals surface area contributed by atoms with Gasteiger partial charge in [0.05, 0.1) is 0 Å². The highest BCUT2D eigenvalue weighted by atomic mass is 15.3. The number of rotatable bonds is 5. The molecule has 0 radical (unpaired) electrons. The molecule has 3 heteroatoms. The molecule has 0 spiro atoms. The number of hydrogen-bond acceptors (Lipinski definition) is 3. The van der Waals surface area contributed by atoms with E-state index < -0.39 is 0 Å². The first-order chi connectivity index (χ1) is 13.8. The Labute approximate surface area is 169 Å². The van der Waals surface area contributed by atoms with Gasteiger partial charge in [-0.25, -0.2) is 0 Å². The topological polar surface area (TPSA) is 9.72 Å². The molecule has 0 amide bonds. The maximum Gasteiger partial charge on any atom is 0.0267 e. The SMILES string of the molecule is c1ccc(CN2CCC(N3CC[C@@H]4CN(Cc5ccccc5)[C@@H]4C3)CC2)cc1. The van der Waals surface area contributed by atoms with Gasteiger partial charge in [0.2, 0.25) is 0 Å². The van der Waals surface area contributed by atoms with Crippen molar-refractivity contribution in [1.29, 1.82) is 0 Å². The summed E-state index contributed by atoms with van der Waals surface area (Å²) in [6.45, 7) is 8.66. The molecule has 3 heterocycles. The molecule has 2 aromatic carbocycles. The van der Waals surface area contributed by atoms with Gasteiger partial charge < -0.3 is 0 Å². The molecule has 3 nitrogen and oxygen atoms in total. The summed E-state index contributed by atoms with van der Waals surface area (Å²) in [6, 6.07) is 23.5. The number of nitrogens with zero attached hydrogens (tertiary/aromatic N) is 3. The van der Waals surface area contributed by atoms with Crippen molar-refractivity contribution in [2.75, 3.05) is 32.7 Å². The number of likely N-dealkylation sites (tertiary alicyclic amines) is 3. The second-order valence-corrected chi connectivity index (χ2v) is 9.02. The molecule has 148 valence electrons. The summed E-state index contributed by atoms with van der Waals surface area (Å²) in [4.78, 5) is 8.19. The summed E-state index contributed by atoms with van der Waals surface area (Å²) < 4.78 is 0. The van der Waals surface area contributed by atoms with Crippen LogP contribution in [0.2, 0.25) is 0 Å². The Kier molecular flexibility index (Phi) is 5.48. The maximum atomic E-state index is 2.83. The van der Waals surface area contributed by atoms with Gasteiger partial charge in [0, 0.05) is 38.3 Å². The summed E-state index contributed by atoms with van der Waals surface area (Å²) in [6.07, 6.45) is 4.08. The van der Waals surface area contributed by atoms with E-state index in [-0.39, 0.29) is 0 Å². The van der Waals surface area contributed by atoms with Crippen molar-refractivity contribution in [3.8, 4) is 0 Å². The molecule has 0 unspecified atom stereocenters. The highest BCUT2D eigenvalue weighted by Gasteiger charge is 2.43. The minimum atomic E-state index is 0.788. The molecule has 0 aliphatic carbocycles. The van der Waals surface area contributed by atoms with E-state index in [4.69, 9.17) is 0 Å². The fourth-order valence-electron chi connectivity index (χ4n) is 5.55. The molecule has 3 fully saturated rings. The lowest BCUT2D eigenvalue weighted by Crippen LogP contribution is -2.65. The predicted octanol–water partition coefficient (Wildman–Crippen LogP) is 3.86. The first-order valence-corrected chi connectivity index (χ1v) is 11.1. The third kappa shape index (κ3) is 4.03. The molecule has 28 heavy (non-hydrogen) atoms. The second-order valence-electron chi connectivity index (χ2n) is 9.02. The lowest BCUT2D eigenvalue weighted by Gasteiger charge is -2.55. The number of fused-ring (bicyclic) bond motifs is 1. The highest BCUT2D eigenvalue weighted by Crippen LogP contribution is 2.35. The van der Waals surface area contributed by atoms with Crippen molar-refractivity contribution in [2.24, 2.45) is 5.92 Å². The van der Waals surface area contributed by atoms with E-state index in [0.29, 0.717) is 0 Å². The monoisotopic (exact) mass is 375 g/mol. The minimum absolute atomic E-state index is 0.788. The van der Waals surface area contributed by atoms with E-state index in [9.17, 15) is 0 Å². The third-order valence-electron chi connectivity index (χ3n) is 7.24. The van der Waals surface area contributed by atoms with Crippen LogP contribution in [-0.2, 0) is 13.1 Å². The van der Waals surface area contributed by atoms with Crippen LogP contribution in [0, 0.1) is 5.92 Å². The second kappa shape index (κ2) is 8.36.